The van der Waals surface area contributed by atoms with Crippen LogP contribution in [0.1, 0.15) is 27.3 Å². The van der Waals surface area contributed by atoms with Crippen LogP contribution in [0, 0.1) is 19.7 Å². The molecule has 0 radical (unpaired) electrons. The minimum absolute atomic E-state index is 0.0445. The van der Waals surface area contributed by atoms with Gasteiger partial charge >= 0.3 is 5.97 Å². The van der Waals surface area contributed by atoms with Gasteiger partial charge in [0.15, 0.2) is 5.82 Å². The van der Waals surface area contributed by atoms with Crippen LogP contribution in [0.15, 0.2) is 42.6 Å². The van der Waals surface area contributed by atoms with Gasteiger partial charge in [-0.15, -0.1) is 0 Å². The maximum absolute atomic E-state index is 13.0. The second-order valence-corrected chi connectivity index (χ2v) is 5.96. The smallest absolute Gasteiger partial charge is 0.340 e. The van der Waals surface area contributed by atoms with Crippen LogP contribution in [0.5, 0.6) is 0 Å². The van der Waals surface area contributed by atoms with Crippen LogP contribution in [0.25, 0.3) is 5.82 Å². The molecular formula is C18H15ClFN3O2. The van der Waals surface area contributed by atoms with Gasteiger partial charge in [0.05, 0.1) is 16.3 Å². The number of hydrogen-bond donors (Lipinski definition) is 0. The van der Waals surface area contributed by atoms with E-state index >= 15 is 0 Å². The summed E-state index contributed by atoms with van der Waals surface area (Å²) >= 11 is 5.91. The summed E-state index contributed by atoms with van der Waals surface area (Å²) in [6, 6.07) is 9.18. The number of hydrogen-bond acceptors (Lipinski definition) is 4. The molecule has 0 spiro atoms. The second-order valence-electron chi connectivity index (χ2n) is 5.56. The van der Waals surface area contributed by atoms with Crippen LogP contribution in [0.4, 0.5) is 4.39 Å². The first kappa shape index (κ1) is 17.1. The van der Waals surface area contributed by atoms with Crippen molar-refractivity contribution in [3.63, 3.8) is 0 Å². The van der Waals surface area contributed by atoms with Gasteiger partial charge in [-0.2, -0.15) is 5.10 Å². The number of benzene rings is 1. The van der Waals surface area contributed by atoms with Crippen molar-refractivity contribution >= 4 is 17.6 Å². The Hall–Kier alpha value is -2.73. The van der Waals surface area contributed by atoms with Gasteiger partial charge in [-0.25, -0.2) is 18.9 Å². The molecule has 1 aromatic carbocycles. The lowest BCUT2D eigenvalue weighted by Gasteiger charge is -2.08. The molecule has 0 N–H and O–H groups in total. The number of nitrogens with zero attached hydrogens (tertiary/aromatic N) is 3. The molecule has 0 unspecified atom stereocenters. The lowest BCUT2D eigenvalue weighted by molar-refractivity contribution is 0.0472. The van der Waals surface area contributed by atoms with Crippen LogP contribution < -0.4 is 0 Å². The highest BCUT2D eigenvalue weighted by Gasteiger charge is 2.11. The summed E-state index contributed by atoms with van der Waals surface area (Å²) in [7, 11) is 0. The number of ether oxygens (including phenoxy) is 1. The number of rotatable bonds is 4. The van der Waals surface area contributed by atoms with Gasteiger partial charge in [-0.1, -0.05) is 17.7 Å². The normalized spacial score (nSPS) is 10.7. The Labute approximate surface area is 149 Å². The molecule has 7 heteroatoms. The zero-order valence-corrected chi connectivity index (χ0v) is 14.4. The molecule has 3 rings (SSSR count). The zero-order valence-electron chi connectivity index (χ0n) is 13.7. The molecular weight excluding hydrogens is 345 g/mol. The van der Waals surface area contributed by atoms with Crippen molar-refractivity contribution in [3.8, 4) is 5.82 Å². The van der Waals surface area contributed by atoms with Gasteiger partial charge in [-0.3, -0.25) is 0 Å². The molecule has 0 aliphatic carbocycles. The second kappa shape index (κ2) is 7.03. The number of pyridine rings is 1. The fourth-order valence-corrected chi connectivity index (χ4v) is 2.58. The molecule has 5 nitrogen and oxygen atoms in total. The van der Waals surface area contributed by atoms with Gasteiger partial charge < -0.3 is 4.74 Å². The average molecular weight is 360 g/mol. The van der Waals surface area contributed by atoms with Crippen LogP contribution >= 0.6 is 11.6 Å². The summed E-state index contributed by atoms with van der Waals surface area (Å²) in [5.41, 5.74) is 2.68. The van der Waals surface area contributed by atoms with E-state index in [-0.39, 0.29) is 11.6 Å². The molecule has 0 bridgehead atoms. The Bertz CT molecular complexity index is 923. The first-order valence-corrected chi connectivity index (χ1v) is 7.92. The predicted octanol–water partition coefficient (Wildman–Crippen LogP) is 4.03. The van der Waals surface area contributed by atoms with Gasteiger partial charge in [0.1, 0.15) is 12.4 Å². The highest BCUT2D eigenvalue weighted by molar-refractivity contribution is 6.31. The number of aryl methyl sites for hydroxylation is 2. The Kier molecular flexibility index (Phi) is 4.81. The van der Waals surface area contributed by atoms with Crippen molar-refractivity contribution < 1.29 is 13.9 Å². The monoisotopic (exact) mass is 359 g/mol. The molecule has 25 heavy (non-hydrogen) atoms. The van der Waals surface area contributed by atoms with E-state index in [1.807, 2.05) is 19.9 Å². The first-order valence-electron chi connectivity index (χ1n) is 7.55. The summed E-state index contributed by atoms with van der Waals surface area (Å²) in [6.45, 7) is 3.78. The largest absolute Gasteiger partial charge is 0.457 e. The molecule has 0 aliphatic heterocycles. The molecule has 3 aromatic rings. The van der Waals surface area contributed by atoms with E-state index in [1.54, 1.807) is 16.8 Å². The summed E-state index contributed by atoms with van der Waals surface area (Å²) in [4.78, 5) is 16.4. The fraction of sp³-hybridized carbons (Fsp3) is 0.167. The summed E-state index contributed by atoms with van der Waals surface area (Å²) in [5, 5.41) is 4.55. The maximum Gasteiger partial charge on any atom is 0.340 e. The summed E-state index contributed by atoms with van der Waals surface area (Å²) in [6.07, 6.45) is 1.43. The minimum Gasteiger partial charge on any atom is -0.457 e. The van der Waals surface area contributed by atoms with E-state index in [2.05, 4.69) is 10.1 Å². The zero-order chi connectivity index (χ0) is 18.0. The average Bonchev–Trinajstić information content (AvgIpc) is 2.92. The molecule has 2 aromatic heterocycles. The third-order valence-electron chi connectivity index (χ3n) is 3.58. The van der Waals surface area contributed by atoms with Crippen LogP contribution in [0.2, 0.25) is 5.02 Å². The van der Waals surface area contributed by atoms with E-state index in [0.29, 0.717) is 16.9 Å². The SMILES string of the molecule is Cc1cc(C)n(-c2ccc(C(=O)OCc3ccc(F)cc3Cl)cn2)n1. The predicted molar refractivity (Wildman–Crippen MR) is 91.4 cm³/mol. The van der Waals surface area contributed by atoms with E-state index < -0.39 is 11.8 Å². The third-order valence-corrected chi connectivity index (χ3v) is 3.94. The molecule has 0 aliphatic rings. The van der Waals surface area contributed by atoms with Crippen LogP contribution in [-0.4, -0.2) is 20.7 Å². The Morgan fingerprint density at radius 1 is 1.24 bits per heavy atom. The minimum atomic E-state index is -0.534. The highest BCUT2D eigenvalue weighted by atomic mass is 35.5. The number of carbonyl (C=O) groups is 1. The van der Waals surface area contributed by atoms with Crippen molar-refractivity contribution in [2.24, 2.45) is 0 Å². The first-order chi connectivity index (χ1) is 11.9. The van der Waals surface area contributed by atoms with E-state index in [1.165, 1.54) is 24.4 Å². The standard InChI is InChI=1S/C18H15ClFN3O2/c1-11-7-12(2)23(22-11)17-6-4-13(9-21-17)18(24)25-10-14-3-5-15(20)8-16(14)19/h3-9H,10H2,1-2H3. The molecule has 0 amide bonds. The highest BCUT2D eigenvalue weighted by Crippen LogP contribution is 2.19. The lowest BCUT2D eigenvalue weighted by atomic mass is 10.2. The maximum atomic E-state index is 13.0. The van der Waals surface area contributed by atoms with Crippen LogP contribution in [-0.2, 0) is 11.3 Å². The molecule has 0 saturated heterocycles. The molecule has 0 fully saturated rings. The van der Waals surface area contributed by atoms with Crippen molar-refractivity contribution in [1.82, 2.24) is 14.8 Å². The van der Waals surface area contributed by atoms with Gasteiger partial charge in [-0.05, 0) is 44.2 Å². The molecule has 0 saturated carbocycles. The molecule has 128 valence electrons. The number of esters is 1. The third kappa shape index (κ3) is 3.85. The van der Waals surface area contributed by atoms with Crippen molar-refractivity contribution in [3.05, 3.63) is 75.9 Å². The number of halogens is 2. The van der Waals surface area contributed by atoms with Crippen LogP contribution in [0.3, 0.4) is 0 Å². The molecule has 2 heterocycles. The van der Waals surface area contributed by atoms with Gasteiger partial charge in [0, 0.05) is 17.5 Å². The lowest BCUT2D eigenvalue weighted by Crippen LogP contribution is -2.08. The number of carbonyl (C=O) groups excluding carboxylic acids is 1. The molecule has 0 atom stereocenters. The van der Waals surface area contributed by atoms with E-state index in [9.17, 15) is 9.18 Å². The number of aromatic nitrogens is 3. The Morgan fingerprint density at radius 2 is 2.04 bits per heavy atom. The van der Waals surface area contributed by atoms with Gasteiger partial charge in [0.2, 0.25) is 0 Å². The summed E-state index contributed by atoms with van der Waals surface area (Å²) < 4.78 is 19.9. The van der Waals surface area contributed by atoms with Crippen molar-refractivity contribution in [1.29, 1.82) is 0 Å². The Morgan fingerprint density at radius 3 is 2.64 bits per heavy atom. The van der Waals surface area contributed by atoms with E-state index in [4.69, 9.17) is 16.3 Å². The van der Waals surface area contributed by atoms with Crippen molar-refractivity contribution in [2.45, 2.75) is 20.5 Å². The Balaban J connectivity index is 1.69. The topological polar surface area (TPSA) is 57.0 Å². The fourth-order valence-electron chi connectivity index (χ4n) is 2.36. The summed E-state index contributed by atoms with van der Waals surface area (Å²) in [5.74, 6) is -0.361. The quantitative estimate of drug-likeness (QED) is 0.660. The van der Waals surface area contributed by atoms with Crippen molar-refractivity contribution in [2.75, 3.05) is 0 Å². The van der Waals surface area contributed by atoms with Gasteiger partial charge in [0.25, 0.3) is 0 Å². The van der Waals surface area contributed by atoms with E-state index in [0.717, 1.165) is 11.4 Å².